The first kappa shape index (κ1) is 55.7. The zero-order valence-corrected chi connectivity index (χ0v) is 42.5. The maximum absolute atomic E-state index is 14.5. The molecule has 14 unspecified atom stereocenters. The Hall–Kier alpha value is -4.26. The van der Waals surface area contributed by atoms with Crippen molar-refractivity contribution < 1.29 is 57.9 Å². The second kappa shape index (κ2) is 25.7. The van der Waals surface area contributed by atoms with Crippen molar-refractivity contribution in [3.8, 4) is 0 Å². The number of cyclic esters (lactones) is 1. The van der Waals surface area contributed by atoms with Gasteiger partial charge in [-0.15, -0.1) is 10.2 Å². The van der Waals surface area contributed by atoms with E-state index >= 15 is 0 Å². The number of hydrogen-bond acceptors (Lipinski definition) is 15. The molecule has 3 aliphatic heterocycles. The number of amides is 1. The minimum absolute atomic E-state index is 0.0195. The number of allylic oxidation sites excluding steroid dienone is 6. The molecule has 4 aliphatic rings. The lowest BCUT2D eigenvalue weighted by Crippen LogP contribution is -2.61. The third kappa shape index (κ3) is 14.2. The summed E-state index contributed by atoms with van der Waals surface area (Å²) in [5.41, 5.74) is 1.20. The number of ketones is 3. The average molecular weight is 966 g/mol. The van der Waals surface area contributed by atoms with Gasteiger partial charge in [0.1, 0.15) is 18.2 Å². The van der Waals surface area contributed by atoms with Crippen molar-refractivity contribution in [3.63, 3.8) is 0 Å². The number of carbonyl (C=O) groups excluding carboxylic acids is 5. The summed E-state index contributed by atoms with van der Waals surface area (Å²) in [4.78, 5) is 73.9. The van der Waals surface area contributed by atoms with Gasteiger partial charge in [-0.1, -0.05) is 71.1 Å². The highest BCUT2D eigenvalue weighted by Crippen LogP contribution is 2.39. The third-order valence-corrected chi connectivity index (χ3v) is 15.2. The van der Waals surface area contributed by atoms with Crippen molar-refractivity contribution >= 4 is 29.2 Å². The van der Waals surface area contributed by atoms with Gasteiger partial charge in [-0.25, -0.2) is 4.79 Å². The molecule has 1 saturated carbocycles. The second-order valence-electron chi connectivity index (χ2n) is 20.4. The van der Waals surface area contributed by atoms with Crippen molar-refractivity contribution in [2.45, 2.75) is 180 Å². The fourth-order valence-electron chi connectivity index (χ4n) is 10.7. The van der Waals surface area contributed by atoms with Crippen molar-refractivity contribution in [2.75, 3.05) is 27.9 Å². The van der Waals surface area contributed by atoms with Crippen LogP contribution in [0.2, 0.25) is 0 Å². The van der Waals surface area contributed by atoms with Crippen LogP contribution in [0.15, 0.2) is 53.9 Å². The second-order valence-corrected chi connectivity index (χ2v) is 20.4. The van der Waals surface area contributed by atoms with E-state index in [0.717, 1.165) is 18.4 Å². The number of hydrogen-bond donors (Lipinski definition) is 2. The Kier molecular flexibility index (Phi) is 20.8. The van der Waals surface area contributed by atoms with E-state index in [2.05, 4.69) is 15.4 Å². The Morgan fingerprint density at radius 1 is 0.899 bits per heavy atom. The molecule has 3 fully saturated rings. The van der Waals surface area contributed by atoms with Gasteiger partial charge in [0.05, 0.1) is 30.5 Å². The first-order valence-electron chi connectivity index (χ1n) is 25.0. The number of carbonyl (C=O) groups is 5. The monoisotopic (exact) mass is 966 g/mol. The highest BCUT2D eigenvalue weighted by Gasteiger charge is 2.53. The van der Waals surface area contributed by atoms with Crippen molar-refractivity contribution in [2.24, 2.45) is 35.5 Å². The molecule has 0 aromatic carbocycles. The number of piperidine rings is 1. The van der Waals surface area contributed by atoms with Crippen LogP contribution in [-0.2, 0) is 47.7 Å². The summed E-state index contributed by atoms with van der Waals surface area (Å²) in [6.07, 6.45) is 13.7. The van der Waals surface area contributed by atoms with Crippen LogP contribution in [0.1, 0.15) is 132 Å². The predicted molar refractivity (Wildman–Crippen MR) is 256 cm³/mol. The van der Waals surface area contributed by atoms with Crippen molar-refractivity contribution in [3.05, 3.63) is 53.9 Å². The number of tetrazole rings is 1. The molecule has 5 rings (SSSR count). The molecule has 2 bridgehead atoms. The van der Waals surface area contributed by atoms with E-state index in [4.69, 9.17) is 23.7 Å². The van der Waals surface area contributed by atoms with Gasteiger partial charge in [-0.05, 0) is 112 Å². The van der Waals surface area contributed by atoms with E-state index in [1.807, 2.05) is 58.1 Å². The lowest BCUT2D eigenvalue weighted by Gasteiger charge is -2.42. The van der Waals surface area contributed by atoms with Gasteiger partial charge in [0.2, 0.25) is 5.79 Å². The minimum atomic E-state index is -2.43. The summed E-state index contributed by atoms with van der Waals surface area (Å²) in [7, 11) is 4.62. The average Bonchev–Trinajstić information content (AvgIpc) is 3.88. The molecule has 1 aliphatic carbocycles. The number of aliphatic hydroxyl groups is 2. The molecule has 384 valence electrons. The van der Waals surface area contributed by atoms with E-state index in [-0.39, 0.29) is 60.9 Å². The topological polar surface area (TPSA) is 219 Å². The maximum atomic E-state index is 14.5. The first-order chi connectivity index (χ1) is 32.8. The summed E-state index contributed by atoms with van der Waals surface area (Å²) < 4.78 is 29.9. The third-order valence-electron chi connectivity index (χ3n) is 15.2. The zero-order chi connectivity index (χ0) is 50.6. The maximum Gasteiger partial charge on any atom is 0.329 e. The zero-order valence-electron chi connectivity index (χ0n) is 42.5. The molecule has 1 amide bonds. The molecule has 4 heterocycles. The Labute approximate surface area is 408 Å². The standard InChI is InChI=1S/C52H79N5O12/c1-31-16-12-11-13-17-32(2)43(65-8)28-39-21-19-37(7)52(64,69-39)49(61)50(62)56-23-15-14-18-41(56)51(63)68-44(34(4)26-38-20-22-40(45(27-38)66-9)57-54-30-53-55-57)29-42(58)33(3)25-36(6)47(60)48(67-10)46(59)35(5)24-31/h11-13,16-17,25,30-31,34-41,43-45,47-48,60,64H,14-15,18-24,26-29H2,1-10H3/t31?,34?,35?,36?,37?,38?,39?,40?,41?,43?,44-,45?,47?,48?,52?/m0/s1. The molecule has 17 nitrogen and oxygen atoms in total. The molecule has 1 aromatic rings. The van der Waals surface area contributed by atoms with Crippen LogP contribution < -0.4 is 0 Å². The molecule has 2 saturated heterocycles. The molecular formula is C52H79N5O12. The smallest absolute Gasteiger partial charge is 0.329 e. The first-order valence-corrected chi connectivity index (χ1v) is 25.0. The molecule has 0 radical (unpaired) electrons. The minimum Gasteiger partial charge on any atom is -0.460 e. The lowest BCUT2D eigenvalue weighted by atomic mass is 9.78. The van der Waals surface area contributed by atoms with Gasteiger partial charge < -0.3 is 38.8 Å². The number of rotatable bonds is 7. The Bertz CT molecular complexity index is 2020. The van der Waals surface area contributed by atoms with Crippen LogP contribution in [0.5, 0.6) is 0 Å². The van der Waals surface area contributed by atoms with E-state index in [0.29, 0.717) is 56.9 Å². The fraction of sp³-hybridized carbons (Fsp3) is 0.731. The van der Waals surface area contributed by atoms with Crippen LogP contribution in [0.3, 0.4) is 0 Å². The number of aromatic nitrogens is 4. The van der Waals surface area contributed by atoms with Crippen LogP contribution >= 0.6 is 0 Å². The Morgan fingerprint density at radius 2 is 1.65 bits per heavy atom. The number of fused-ring (bicyclic) bond motifs is 3. The van der Waals surface area contributed by atoms with Crippen LogP contribution in [0, 0.1) is 35.5 Å². The number of aliphatic hydroxyl groups excluding tert-OH is 1. The number of methoxy groups -OCH3 is 3. The largest absolute Gasteiger partial charge is 0.460 e. The van der Waals surface area contributed by atoms with E-state index in [1.165, 1.54) is 18.3 Å². The van der Waals surface area contributed by atoms with E-state index < -0.39 is 77.8 Å². The van der Waals surface area contributed by atoms with Gasteiger partial charge >= 0.3 is 5.97 Å². The number of nitrogens with zero attached hydrogens (tertiary/aromatic N) is 5. The summed E-state index contributed by atoms with van der Waals surface area (Å²) in [5, 5.41) is 35.7. The SMILES string of the molecule is COC1CC2CCC(C)C(O)(O2)C(=O)C(=O)N2CCCCC2C(=O)O[C@H](C(C)CC2CCC(n3ncnn3)C(OC)C2)CC(=O)C(C)=CC(C)C(O)C(OC)C(=O)C(C)CC(C)C=CC=CC=C1C. The number of esters is 1. The molecule has 17 heteroatoms. The summed E-state index contributed by atoms with van der Waals surface area (Å²) in [5.74, 6) is -7.91. The quantitative estimate of drug-likeness (QED) is 0.235. The summed E-state index contributed by atoms with van der Waals surface area (Å²) in [6, 6.07) is -1.25. The van der Waals surface area contributed by atoms with Crippen molar-refractivity contribution in [1.29, 1.82) is 0 Å². The highest BCUT2D eigenvalue weighted by molar-refractivity contribution is 6.39. The molecule has 2 N–H and O–H groups in total. The molecule has 69 heavy (non-hydrogen) atoms. The van der Waals surface area contributed by atoms with Crippen LogP contribution in [0.25, 0.3) is 0 Å². The Morgan fingerprint density at radius 3 is 2.33 bits per heavy atom. The lowest BCUT2D eigenvalue weighted by molar-refractivity contribution is -0.265. The molecule has 1 aromatic heterocycles. The summed E-state index contributed by atoms with van der Waals surface area (Å²) in [6.45, 7) is 12.8. The highest BCUT2D eigenvalue weighted by atomic mass is 16.6. The van der Waals surface area contributed by atoms with E-state index in [9.17, 15) is 34.2 Å². The van der Waals surface area contributed by atoms with Gasteiger partial charge in [0, 0.05) is 58.5 Å². The predicted octanol–water partition coefficient (Wildman–Crippen LogP) is 6.05. The summed E-state index contributed by atoms with van der Waals surface area (Å²) >= 11 is 0. The van der Waals surface area contributed by atoms with Crippen molar-refractivity contribution in [1.82, 2.24) is 25.1 Å². The fourth-order valence-corrected chi connectivity index (χ4v) is 10.7. The number of ether oxygens (including phenoxy) is 5. The molecular weight excluding hydrogens is 887 g/mol. The van der Waals surface area contributed by atoms with Gasteiger partial charge in [-0.2, -0.15) is 4.80 Å². The van der Waals surface area contributed by atoms with Crippen LogP contribution in [-0.4, -0.2) is 141 Å². The van der Waals surface area contributed by atoms with E-state index in [1.54, 1.807) is 45.9 Å². The van der Waals surface area contributed by atoms with Crippen LogP contribution in [0.4, 0.5) is 0 Å². The van der Waals surface area contributed by atoms with Gasteiger partial charge in [-0.3, -0.25) is 19.2 Å². The Balaban J connectivity index is 1.46. The normalized spacial score (nSPS) is 36.3. The van der Waals surface area contributed by atoms with Gasteiger partial charge in [0.15, 0.2) is 17.9 Å². The number of Topliss-reactive ketones (excluding diaryl/α,β-unsaturated/α-hetero) is 3. The molecule has 0 spiro atoms. The molecule has 15 atom stereocenters. The van der Waals surface area contributed by atoms with Gasteiger partial charge in [0.25, 0.3) is 11.7 Å².